The molecule has 11 nitrogen and oxygen atoms in total. The van der Waals surface area contributed by atoms with Gasteiger partial charge in [-0.1, -0.05) is 236 Å². The van der Waals surface area contributed by atoms with Crippen LogP contribution in [-0.4, -0.2) is 105 Å². The zero-order valence-electron chi connectivity index (χ0n) is 54.7. The zero-order chi connectivity index (χ0) is 65.7. The summed E-state index contributed by atoms with van der Waals surface area (Å²) in [6, 6.07) is 58.5. The molecule has 2 aliphatic heterocycles. The van der Waals surface area contributed by atoms with Crippen molar-refractivity contribution in [3.8, 4) is 0 Å². The maximum atomic E-state index is 16.6. The maximum Gasteiger partial charge on any atom is 0.338 e. The second kappa shape index (κ2) is 31.4. The van der Waals surface area contributed by atoms with Gasteiger partial charge in [-0.05, 0) is 122 Å². The first-order valence-electron chi connectivity index (χ1n) is 31.3. The quantitative estimate of drug-likeness (QED) is 0.0269. The van der Waals surface area contributed by atoms with E-state index in [4.69, 9.17) is 37.3 Å². The summed E-state index contributed by atoms with van der Waals surface area (Å²) >= 11 is 2.27. The first-order valence-corrected chi connectivity index (χ1v) is 36.6. The van der Waals surface area contributed by atoms with Crippen LogP contribution in [0.4, 0.5) is 8.78 Å². The van der Waals surface area contributed by atoms with Crippen molar-refractivity contribution in [2.75, 3.05) is 11.0 Å². The van der Waals surface area contributed by atoms with E-state index in [-0.39, 0.29) is 35.1 Å². The Balaban J connectivity index is 0.000000256. The number of benzene rings is 6. The molecule has 6 aromatic rings. The van der Waals surface area contributed by atoms with Gasteiger partial charge < -0.3 is 42.4 Å². The Labute approximate surface area is 549 Å². The van der Waals surface area contributed by atoms with E-state index >= 15 is 8.78 Å². The number of alkyl halides is 1. The molecule has 2 heterocycles. The molecule has 0 aliphatic carbocycles. The number of aliphatic hydroxyl groups excluding tert-OH is 1. The number of ether oxygens (including phenoxy) is 6. The molecule has 10 atom stereocenters. The van der Waals surface area contributed by atoms with Crippen LogP contribution < -0.4 is 20.7 Å². The third-order valence-corrected chi connectivity index (χ3v) is 27.6. The Morgan fingerprint density at radius 2 is 0.778 bits per heavy atom. The largest absolute Gasteiger partial charge is 0.449 e. The summed E-state index contributed by atoms with van der Waals surface area (Å²) in [7, 11) is -5.77. The van der Waals surface area contributed by atoms with Crippen LogP contribution in [0.3, 0.4) is 0 Å². The van der Waals surface area contributed by atoms with Crippen LogP contribution in [0.1, 0.15) is 130 Å². The summed E-state index contributed by atoms with van der Waals surface area (Å²) in [4.78, 5) is 26.4. The Kier molecular flexibility index (Phi) is 25.1. The Morgan fingerprint density at radius 3 is 1.04 bits per heavy atom. The topological polar surface area (TPSA) is 128 Å². The minimum atomic E-state index is -2.90. The number of carbonyl (C=O) groups is 2. The fourth-order valence-corrected chi connectivity index (χ4v) is 22.3. The molecule has 0 spiro atoms. The number of carbonyl (C=O) groups excluding carboxylic acids is 2. The molecule has 1 N–H and O–H groups in total. The summed E-state index contributed by atoms with van der Waals surface area (Å²) in [5.74, 6) is -5.27. The van der Waals surface area contributed by atoms with Gasteiger partial charge >= 0.3 is 11.9 Å². The van der Waals surface area contributed by atoms with Gasteiger partial charge in [-0.2, -0.15) is 0 Å². The van der Waals surface area contributed by atoms with Crippen LogP contribution in [0, 0.1) is 11.8 Å². The Morgan fingerprint density at radius 1 is 0.500 bits per heavy atom. The standard InChI is InChI=1S/C37H46FIO5Si.C37H47FO6Si/c2*1-26(27(2)44-45(36(3,4)5,29-19-13-9-14-20-29)30-21-15-10-16-22-30)25-31(38)33(41-35(40)28-17-11-8-12-18-28)34-32(23-24-39)42-37(6,7)43-34/h8-22,25-27,32-34H,23-24H2,1-7H3;8-22,25-27,32-34,39H,23-24H2,1-7H3/b2*31-25+/t2*26-,27-,32+,33?,34?/m11/s1. The number of rotatable bonds is 24. The van der Waals surface area contributed by atoms with Crippen molar-refractivity contribution >= 4 is 71.9 Å². The fourth-order valence-electron chi connectivity index (χ4n) is 12.1. The number of aliphatic hydroxyl groups is 1. The van der Waals surface area contributed by atoms with Crippen LogP contribution >= 0.6 is 22.6 Å². The van der Waals surface area contributed by atoms with E-state index in [0.29, 0.717) is 17.5 Å². The SMILES string of the molecule is C[C@H](/C=C(/F)C(OC(=O)c1ccccc1)C1OC(C)(C)O[C@H]1CCI)[C@@H](C)O[Si](c1ccccc1)(c1ccccc1)C(C)(C)C.C[C@H](/C=C(/F)C(OC(=O)c1ccccc1)C1OC(C)(C)O[C@H]1CCO)[C@@H](C)O[Si](c1ccccc1)(c1ccccc1)C(C)(C)C. The minimum absolute atomic E-state index is 0.189. The highest BCUT2D eigenvalue weighted by Crippen LogP contribution is 2.42. The predicted molar refractivity (Wildman–Crippen MR) is 367 cm³/mol. The van der Waals surface area contributed by atoms with Gasteiger partial charge in [0, 0.05) is 35.1 Å². The molecule has 8 rings (SSSR count). The molecule has 4 unspecified atom stereocenters. The van der Waals surface area contributed by atoms with Crippen molar-refractivity contribution in [3.63, 3.8) is 0 Å². The van der Waals surface area contributed by atoms with E-state index in [1.807, 2.05) is 107 Å². The molecule has 0 saturated carbocycles. The van der Waals surface area contributed by atoms with Crippen molar-refractivity contribution in [2.45, 2.75) is 180 Å². The van der Waals surface area contributed by atoms with Gasteiger partial charge in [0.2, 0.25) is 0 Å². The van der Waals surface area contributed by atoms with Gasteiger partial charge in [0.15, 0.2) is 23.8 Å². The van der Waals surface area contributed by atoms with Crippen LogP contribution in [-0.2, 0) is 37.3 Å². The van der Waals surface area contributed by atoms with E-state index < -0.39 is 100 Å². The third-order valence-electron chi connectivity index (χ3n) is 16.8. The van der Waals surface area contributed by atoms with Gasteiger partial charge in [0.25, 0.3) is 16.6 Å². The molecular weight excluding hydrogens is 1290 g/mol. The average Bonchev–Trinajstić information content (AvgIpc) is 1.06. The monoisotopic (exact) mass is 1380 g/mol. The van der Waals surface area contributed by atoms with Gasteiger partial charge in [-0.3, -0.25) is 0 Å². The Hall–Kier alpha value is -5.52. The smallest absolute Gasteiger partial charge is 0.338 e. The van der Waals surface area contributed by atoms with Crippen LogP contribution in [0.15, 0.2) is 206 Å². The molecule has 484 valence electrons. The summed E-state index contributed by atoms with van der Waals surface area (Å²) in [6.45, 7) is 27.9. The number of halogens is 3. The molecular formula is C74H93F2IO11Si2. The van der Waals surface area contributed by atoms with Gasteiger partial charge in [-0.15, -0.1) is 0 Å². The number of hydrogen-bond donors (Lipinski definition) is 1. The van der Waals surface area contributed by atoms with Gasteiger partial charge in [-0.25, -0.2) is 18.4 Å². The summed E-state index contributed by atoms with van der Waals surface area (Å²) in [6.07, 6.45) is -2.51. The van der Waals surface area contributed by atoms with Gasteiger partial charge in [0.05, 0.1) is 23.3 Å². The molecule has 6 aromatic carbocycles. The lowest BCUT2D eigenvalue weighted by molar-refractivity contribution is -0.155. The molecule has 2 fully saturated rings. The lowest BCUT2D eigenvalue weighted by Gasteiger charge is -2.45. The lowest BCUT2D eigenvalue weighted by Crippen LogP contribution is -2.67. The van der Waals surface area contributed by atoms with E-state index in [9.17, 15) is 14.7 Å². The zero-order valence-corrected chi connectivity index (χ0v) is 58.9. The van der Waals surface area contributed by atoms with Crippen molar-refractivity contribution in [2.24, 2.45) is 11.8 Å². The van der Waals surface area contributed by atoms with E-state index in [1.54, 1.807) is 82.3 Å². The maximum absolute atomic E-state index is 16.6. The van der Waals surface area contributed by atoms with Crippen LogP contribution in [0.5, 0.6) is 0 Å². The second-order valence-electron chi connectivity index (χ2n) is 26.4. The molecule has 90 heavy (non-hydrogen) atoms. The second-order valence-corrected chi connectivity index (χ2v) is 36.0. The fraction of sp³-hybridized carbons (Fsp3) is 0.432. The minimum Gasteiger partial charge on any atom is -0.449 e. The van der Waals surface area contributed by atoms with Crippen molar-refractivity contribution in [1.29, 1.82) is 0 Å². The summed E-state index contributed by atoms with van der Waals surface area (Å²) < 4.78 is 84.5. The molecule has 16 heteroatoms. The molecule has 0 aromatic heterocycles. The van der Waals surface area contributed by atoms with Crippen molar-refractivity contribution in [1.82, 2.24) is 0 Å². The predicted octanol–water partition coefficient (Wildman–Crippen LogP) is 14.6. The highest BCUT2D eigenvalue weighted by atomic mass is 127. The molecule has 0 bridgehead atoms. The lowest BCUT2D eigenvalue weighted by atomic mass is 10.00. The highest BCUT2D eigenvalue weighted by molar-refractivity contribution is 14.1. The van der Waals surface area contributed by atoms with Crippen molar-refractivity contribution in [3.05, 3.63) is 217 Å². The van der Waals surface area contributed by atoms with Crippen LogP contribution in [0.25, 0.3) is 0 Å². The number of esters is 2. The van der Waals surface area contributed by atoms with E-state index in [0.717, 1.165) is 25.2 Å². The van der Waals surface area contributed by atoms with E-state index in [2.05, 4.69) is 113 Å². The summed E-state index contributed by atoms with van der Waals surface area (Å²) in [5, 5.41) is 13.8. The third kappa shape index (κ3) is 17.6. The normalized spacial score (nSPS) is 20.8. The first kappa shape index (κ1) is 71.9. The molecule has 2 saturated heterocycles. The molecule has 0 amide bonds. The van der Waals surface area contributed by atoms with Gasteiger partial charge in [0.1, 0.15) is 23.9 Å². The Bertz CT molecular complexity index is 2960. The van der Waals surface area contributed by atoms with E-state index in [1.165, 1.54) is 12.2 Å². The highest BCUT2D eigenvalue weighted by Gasteiger charge is 2.54. The average molecular weight is 1380 g/mol. The molecule has 2 aliphatic rings. The molecule has 0 radical (unpaired) electrons. The summed E-state index contributed by atoms with van der Waals surface area (Å²) in [5.41, 5.74) is 0.638. The van der Waals surface area contributed by atoms with Crippen LogP contribution in [0.2, 0.25) is 10.1 Å². The number of hydrogen-bond acceptors (Lipinski definition) is 11. The first-order chi connectivity index (χ1) is 42.6. The van der Waals surface area contributed by atoms with Crippen molar-refractivity contribution < 1.29 is 60.7 Å².